The molecule has 0 aromatic heterocycles. The Morgan fingerprint density at radius 3 is 1.00 bits per heavy atom. The van der Waals surface area contributed by atoms with Crippen molar-refractivity contribution in [1.82, 2.24) is 0 Å². The molecule has 0 aliphatic rings. The van der Waals surface area contributed by atoms with Gasteiger partial charge in [-0.25, -0.2) is 0 Å². The summed E-state index contributed by atoms with van der Waals surface area (Å²) in [6, 6.07) is 0. The Labute approximate surface area is 132 Å². The van der Waals surface area contributed by atoms with Gasteiger partial charge in [0.05, 0.1) is 0 Å². The van der Waals surface area contributed by atoms with Crippen LogP contribution in [0.15, 0.2) is 0 Å². The molecule has 0 saturated heterocycles. The van der Waals surface area contributed by atoms with Gasteiger partial charge in [0.15, 0.2) is 0 Å². The average molecular weight is 546 g/mol. The van der Waals surface area contributed by atoms with Crippen LogP contribution in [0.4, 0.5) is 0 Å². The van der Waals surface area contributed by atoms with E-state index in [1.165, 1.54) is 0 Å². The summed E-state index contributed by atoms with van der Waals surface area (Å²) in [5.74, 6) is 0. The Kier molecular flexibility index (Phi) is 92.1. The second-order valence-electron chi connectivity index (χ2n) is 0. The molecule has 4 heavy (non-hydrogen) atoms. The van der Waals surface area contributed by atoms with Crippen LogP contribution in [0.1, 0.15) is 0 Å². The van der Waals surface area contributed by atoms with Gasteiger partial charge in [0.25, 0.3) is 0 Å². The zero-order valence-electron chi connectivity index (χ0n) is 2.15. The van der Waals surface area contributed by atoms with Gasteiger partial charge in [0.1, 0.15) is 0 Å². The monoisotopic (exact) mass is 548 g/mol. The van der Waals surface area contributed by atoms with Crippen LogP contribution < -0.4 is 0 Å². The molecule has 0 aliphatic heterocycles. The normalized spacial score (nSPS) is 0. The largest absolute Gasteiger partial charge is 0 e. The number of hydrogen-bond donors (Lipinski definition) is 0. The van der Waals surface area contributed by atoms with E-state index in [4.69, 9.17) is 0 Å². The summed E-state index contributed by atoms with van der Waals surface area (Å²) in [4.78, 5) is 0. The summed E-state index contributed by atoms with van der Waals surface area (Å²) < 4.78 is 0. The fourth-order valence-corrected chi connectivity index (χ4v) is 0. The summed E-state index contributed by atoms with van der Waals surface area (Å²) in [5, 5.41) is 0. The van der Waals surface area contributed by atoms with Crippen LogP contribution in [0.5, 0.6) is 0 Å². The van der Waals surface area contributed by atoms with Gasteiger partial charge in [-0.1, -0.05) is 0 Å². The minimum atomic E-state index is 0. The molecule has 0 saturated carbocycles. The van der Waals surface area contributed by atoms with Crippen molar-refractivity contribution in [1.29, 1.82) is 0 Å². The zero-order chi connectivity index (χ0) is 0. The van der Waals surface area contributed by atoms with Crippen LogP contribution in [0.3, 0.4) is 0 Å². The van der Waals surface area contributed by atoms with E-state index < -0.39 is 0 Å². The Morgan fingerprint density at radius 1 is 1.00 bits per heavy atom. The maximum Gasteiger partial charge on any atom is 0 e. The fraction of sp³-hybridized carbons (Fsp3) is 0. The first-order valence-corrected chi connectivity index (χ1v) is 0. The van der Waals surface area contributed by atoms with E-state index in [1.54, 1.807) is 0 Å². The SMILES string of the molecule is [Ce].[Hf].[La].[Y]. The molecule has 0 bridgehead atoms. The summed E-state index contributed by atoms with van der Waals surface area (Å²) in [6.45, 7) is 0. The van der Waals surface area contributed by atoms with E-state index in [9.17, 15) is 0 Å². The van der Waals surface area contributed by atoms with Crippen molar-refractivity contribution in [3.8, 4) is 0 Å². The molecular weight excluding hydrogens is 546 g/mol. The van der Waals surface area contributed by atoms with Gasteiger partial charge in [-0.05, 0) is 0 Å². The number of hydrogen-bond acceptors (Lipinski definition) is 0. The van der Waals surface area contributed by atoms with E-state index >= 15 is 0 Å². The maximum absolute atomic E-state index is 0. The molecule has 4 heteroatoms. The molecule has 0 amide bonds. The molecule has 0 rings (SSSR count). The van der Waals surface area contributed by atoms with Crippen LogP contribution in [0.25, 0.3) is 0 Å². The van der Waals surface area contributed by atoms with Crippen LogP contribution in [-0.4, -0.2) is 0 Å². The summed E-state index contributed by atoms with van der Waals surface area (Å²) in [6.07, 6.45) is 0. The van der Waals surface area contributed by atoms with Gasteiger partial charge in [-0.2, -0.15) is 0 Å². The maximum atomic E-state index is 0. The topological polar surface area (TPSA) is 0 Å². The van der Waals surface area contributed by atoms with Crippen molar-refractivity contribution in [2.45, 2.75) is 0 Å². The number of rotatable bonds is 0. The fourth-order valence-electron chi connectivity index (χ4n) is 0. The third-order valence-electron chi connectivity index (χ3n) is 0. The Morgan fingerprint density at radius 2 is 1.00 bits per heavy atom. The van der Waals surface area contributed by atoms with Crippen molar-refractivity contribution in [2.75, 3.05) is 0 Å². The smallest absolute Gasteiger partial charge is 0 e. The Hall–Kier alpha value is 4.55. The third kappa shape index (κ3) is 9.74. The van der Waals surface area contributed by atoms with E-state index in [0.29, 0.717) is 0 Å². The molecule has 0 unspecified atom stereocenters. The van der Waals surface area contributed by atoms with Gasteiger partial charge < -0.3 is 0 Å². The van der Waals surface area contributed by atoms with Crippen molar-refractivity contribution in [3.05, 3.63) is 0 Å². The summed E-state index contributed by atoms with van der Waals surface area (Å²) in [7, 11) is 0. The van der Waals surface area contributed by atoms with Gasteiger partial charge in [-0.15, -0.1) is 0 Å². The Balaban J connectivity index is 0. The second-order valence-corrected chi connectivity index (χ2v) is 0. The van der Waals surface area contributed by atoms with Crippen LogP contribution in [0, 0.1) is 77.3 Å². The van der Waals surface area contributed by atoms with Crippen LogP contribution in [-0.2, 0) is 58.6 Å². The van der Waals surface area contributed by atoms with Crippen molar-refractivity contribution in [2.24, 2.45) is 0 Å². The van der Waals surface area contributed by atoms with Crippen molar-refractivity contribution >= 4 is 0 Å². The molecular formula is CeHfLaY. The molecule has 0 nitrogen and oxygen atoms in total. The standard InChI is InChI=1S/Ce.Hf.La.Y. The molecule has 0 N–H and O–H groups in total. The first-order valence-electron chi connectivity index (χ1n) is 0. The van der Waals surface area contributed by atoms with Crippen molar-refractivity contribution < 1.29 is 136 Å². The quantitative estimate of drug-likeness (QED) is 0.376. The van der Waals surface area contributed by atoms with Gasteiger partial charge >= 0.3 is 0 Å². The summed E-state index contributed by atoms with van der Waals surface area (Å²) in [5.41, 5.74) is 0. The first kappa shape index (κ1) is 23.5. The molecule has 0 aliphatic carbocycles. The predicted molar refractivity (Wildman–Crippen MR) is 0 cm³/mol. The second kappa shape index (κ2) is 15.6. The summed E-state index contributed by atoms with van der Waals surface area (Å²) >= 11 is 0. The molecule has 0 fully saturated rings. The molecule has 0 atom stereocenters. The third-order valence-corrected chi connectivity index (χ3v) is 0. The molecule has 0 spiro atoms. The first-order chi connectivity index (χ1) is 0. The van der Waals surface area contributed by atoms with Crippen LogP contribution >= 0.6 is 0 Å². The molecule has 0 aromatic carbocycles. The van der Waals surface area contributed by atoms with Crippen LogP contribution in [0.2, 0.25) is 0 Å². The zero-order valence-corrected chi connectivity index (χ0v) is 15.4. The van der Waals surface area contributed by atoms with E-state index in [0.717, 1.165) is 0 Å². The van der Waals surface area contributed by atoms with Gasteiger partial charge in [-0.3, -0.25) is 0 Å². The minimum absolute atomic E-state index is 0. The van der Waals surface area contributed by atoms with E-state index in [2.05, 4.69) is 0 Å². The van der Waals surface area contributed by atoms with E-state index in [-0.39, 0.29) is 136 Å². The average Bonchev–Trinajstić information content (AvgIpc) is 0. The minimum Gasteiger partial charge on any atom is 0 e. The van der Waals surface area contributed by atoms with Gasteiger partial charge in [0, 0.05) is 136 Å². The molecule has 14 valence electrons. The van der Waals surface area contributed by atoms with Gasteiger partial charge in [0.2, 0.25) is 0 Å². The molecule has 0 heterocycles. The van der Waals surface area contributed by atoms with Crippen molar-refractivity contribution in [3.63, 3.8) is 0 Å². The Bertz CT molecular complexity index is 8.00. The molecule has 2 radical (unpaired) electrons. The van der Waals surface area contributed by atoms with E-state index in [1.807, 2.05) is 0 Å². The molecule has 0 aromatic rings. The predicted octanol–water partition coefficient (Wildman–Crippen LogP) is -0.00500.